The van der Waals surface area contributed by atoms with Crippen LogP contribution in [0, 0.1) is 6.92 Å². The Bertz CT molecular complexity index is 1330. The van der Waals surface area contributed by atoms with E-state index in [4.69, 9.17) is 4.74 Å². The van der Waals surface area contributed by atoms with Gasteiger partial charge in [0.15, 0.2) is 5.69 Å². The lowest BCUT2D eigenvalue weighted by atomic mass is 9.93. The number of hydrogen-bond donors (Lipinski definition) is 2. The van der Waals surface area contributed by atoms with E-state index in [0.717, 1.165) is 35.3 Å². The lowest BCUT2D eigenvalue weighted by Gasteiger charge is -2.44. The van der Waals surface area contributed by atoms with Gasteiger partial charge in [-0.3, -0.25) is 14.4 Å². The highest BCUT2D eigenvalue weighted by Crippen LogP contribution is 2.38. The molecule has 2 N–H and O–H groups in total. The fourth-order valence-corrected chi connectivity index (χ4v) is 4.81. The quantitative estimate of drug-likeness (QED) is 0.494. The lowest BCUT2D eigenvalue weighted by molar-refractivity contribution is -0.133. The molecule has 5 rings (SSSR count). The highest BCUT2D eigenvalue weighted by Gasteiger charge is 2.53. The number of rotatable bonds is 8. The van der Waals surface area contributed by atoms with Gasteiger partial charge < -0.3 is 24.8 Å². The fourth-order valence-electron chi connectivity index (χ4n) is 4.81. The lowest BCUT2D eigenvalue weighted by Crippen LogP contribution is -2.64. The maximum atomic E-state index is 13.8. The van der Waals surface area contributed by atoms with E-state index in [1.807, 2.05) is 55.5 Å². The molecular formula is C28H31N5O4. The number of nitrogens with zero attached hydrogens (tertiary/aromatic N) is 3. The van der Waals surface area contributed by atoms with Crippen molar-refractivity contribution >= 4 is 17.7 Å². The minimum absolute atomic E-state index is 0.0312. The summed E-state index contributed by atoms with van der Waals surface area (Å²) in [7, 11) is 1.60. The van der Waals surface area contributed by atoms with Crippen LogP contribution in [-0.2, 0) is 24.4 Å². The molecule has 0 saturated heterocycles. The average Bonchev–Trinajstić information content (AvgIpc) is 3.64. The average molecular weight is 502 g/mol. The van der Waals surface area contributed by atoms with Crippen molar-refractivity contribution in [2.45, 2.75) is 57.9 Å². The van der Waals surface area contributed by atoms with E-state index >= 15 is 0 Å². The first-order valence-corrected chi connectivity index (χ1v) is 12.4. The smallest absolute Gasteiger partial charge is 0.274 e. The summed E-state index contributed by atoms with van der Waals surface area (Å²) >= 11 is 0. The van der Waals surface area contributed by atoms with Crippen LogP contribution in [0.25, 0.3) is 0 Å². The van der Waals surface area contributed by atoms with Crippen molar-refractivity contribution in [1.82, 2.24) is 25.1 Å². The molecule has 2 aromatic carbocycles. The van der Waals surface area contributed by atoms with Crippen LogP contribution in [0.15, 0.2) is 54.9 Å². The van der Waals surface area contributed by atoms with Gasteiger partial charge in [-0.25, -0.2) is 4.98 Å². The Morgan fingerprint density at radius 3 is 2.27 bits per heavy atom. The van der Waals surface area contributed by atoms with E-state index in [1.165, 1.54) is 6.33 Å². The summed E-state index contributed by atoms with van der Waals surface area (Å²) in [5.74, 6) is -0.251. The van der Waals surface area contributed by atoms with Crippen LogP contribution in [0.3, 0.4) is 0 Å². The third kappa shape index (κ3) is 4.81. The molecule has 0 spiro atoms. The third-order valence-electron chi connectivity index (χ3n) is 7.07. The van der Waals surface area contributed by atoms with Gasteiger partial charge in [0.1, 0.15) is 17.0 Å². The summed E-state index contributed by atoms with van der Waals surface area (Å²) in [5.41, 5.74) is 2.23. The fraction of sp³-hybridized carbons (Fsp3) is 0.357. The van der Waals surface area contributed by atoms with E-state index < -0.39 is 11.4 Å². The molecule has 1 saturated carbocycles. The van der Waals surface area contributed by atoms with Gasteiger partial charge in [-0.05, 0) is 49.9 Å². The first kappa shape index (κ1) is 24.5. The Labute approximate surface area is 215 Å². The Morgan fingerprint density at radius 1 is 1.03 bits per heavy atom. The molecule has 37 heavy (non-hydrogen) atoms. The van der Waals surface area contributed by atoms with Gasteiger partial charge in [0, 0.05) is 19.1 Å². The Hall–Kier alpha value is -4.14. The maximum Gasteiger partial charge on any atom is 0.274 e. The molecule has 9 nitrogen and oxygen atoms in total. The zero-order valence-corrected chi connectivity index (χ0v) is 21.3. The van der Waals surface area contributed by atoms with Crippen LogP contribution in [0.2, 0.25) is 0 Å². The first-order valence-electron chi connectivity index (χ1n) is 12.4. The summed E-state index contributed by atoms with van der Waals surface area (Å²) in [4.78, 5) is 46.2. The molecule has 2 heterocycles. The van der Waals surface area contributed by atoms with Gasteiger partial charge in [-0.2, -0.15) is 0 Å². The van der Waals surface area contributed by atoms with Crippen molar-refractivity contribution in [3.8, 4) is 5.75 Å². The van der Waals surface area contributed by atoms with Crippen LogP contribution >= 0.6 is 0 Å². The van der Waals surface area contributed by atoms with E-state index in [0.29, 0.717) is 13.1 Å². The largest absolute Gasteiger partial charge is 0.497 e. The highest BCUT2D eigenvalue weighted by molar-refractivity contribution is 6.07. The number of amides is 3. The molecule has 2 aliphatic rings. The SMILES string of the molecule is COc1ccc(CNC(=O)[C@]2(C)Cn3cnc(C(=O)NCc4ccc(C)cc4)c3C(=O)N2C2CC2)cc1. The summed E-state index contributed by atoms with van der Waals surface area (Å²) in [6, 6.07) is 15.3. The van der Waals surface area contributed by atoms with Gasteiger partial charge in [-0.15, -0.1) is 0 Å². The van der Waals surface area contributed by atoms with E-state index in [2.05, 4.69) is 15.6 Å². The van der Waals surface area contributed by atoms with Crippen molar-refractivity contribution in [2.75, 3.05) is 7.11 Å². The molecular weight excluding hydrogens is 470 g/mol. The maximum absolute atomic E-state index is 13.8. The van der Waals surface area contributed by atoms with Crippen LogP contribution in [0.5, 0.6) is 5.75 Å². The van der Waals surface area contributed by atoms with Gasteiger partial charge in [0.25, 0.3) is 11.8 Å². The van der Waals surface area contributed by atoms with Crippen LogP contribution in [0.4, 0.5) is 0 Å². The highest BCUT2D eigenvalue weighted by atomic mass is 16.5. The number of ether oxygens (including phenoxy) is 1. The third-order valence-corrected chi connectivity index (χ3v) is 7.07. The number of benzene rings is 2. The van der Waals surface area contributed by atoms with Crippen LogP contribution < -0.4 is 15.4 Å². The van der Waals surface area contributed by atoms with E-state index in [1.54, 1.807) is 23.5 Å². The minimum Gasteiger partial charge on any atom is -0.497 e. The normalized spacial score (nSPS) is 18.8. The molecule has 3 aromatic rings. The van der Waals surface area contributed by atoms with Crippen molar-refractivity contribution in [2.24, 2.45) is 0 Å². The topological polar surface area (TPSA) is 106 Å². The minimum atomic E-state index is -1.10. The molecule has 3 amide bonds. The van der Waals surface area contributed by atoms with Gasteiger partial charge >= 0.3 is 0 Å². The number of imidazole rings is 1. The molecule has 9 heteroatoms. The van der Waals surface area contributed by atoms with Gasteiger partial charge in [0.05, 0.1) is 20.0 Å². The second-order valence-corrected chi connectivity index (χ2v) is 9.95. The Kier molecular flexibility index (Phi) is 6.45. The summed E-state index contributed by atoms with van der Waals surface area (Å²) in [6.07, 6.45) is 3.14. The van der Waals surface area contributed by atoms with Crippen LogP contribution in [0.1, 0.15) is 57.4 Å². The predicted octanol–water partition coefficient (Wildman–Crippen LogP) is 2.82. The number of fused-ring (bicyclic) bond motifs is 1. The van der Waals surface area contributed by atoms with Crippen molar-refractivity contribution in [3.63, 3.8) is 0 Å². The second kappa shape index (κ2) is 9.72. The molecule has 0 bridgehead atoms. The standard InChI is InChI=1S/C28H31N5O4/c1-18-4-6-19(7-5-18)14-29-25(34)23-24-26(35)33(21-10-11-21)28(2,16-32(24)17-31-23)27(36)30-15-20-8-12-22(37-3)13-9-20/h4-9,12-13,17,21H,10-11,14-16H2,1-3H3,(H,29,34)(H,30,36)/t28-/m0/s1. The summed E-state index contributed by atoms with van der Waals surface area (Å²) < 4.78 is 6.82. The molecule has 1 fully saturated rings. The first-order chi connectivity index (χ1) is 17.8. The Morgan fingerprint density at radius 2 is 1.65 bits per heavy atom. The molecule has 0 radical (unpaired) electrons. The number of nitrogens with one attached hydrogen (secondary N) is 2. The number of carbonyl (C=O) groups excluding carboxylic acids is 3. The number of carbonyl (C=O) groups is 3. The number of aryl methyl sites for hydroxylation is 1. The van der Waals surface area contributed by atoms with Crippen molar-refractivity contribution < 1.29 is 19.1 Å². The molecule has 1 aliphatic carbocycles. The molecule has 192 valence electrons. The van der Waals surface area contributed by atoms with E-state index in [9.17, 15) is 14.4 Å². The molecule has 1 aromatic heterocycles. The molecule has 1 aliphatic heterocycles. The zero-order valence-electron chi connectivity index (χ0n) is 21.3. The summed E-state index contributed by atoms with van der Waals surface area (Å²) in [6.45, 7) is 4.67. The van der Waals surface area contributed by atoms with Gasteiger partial charge in [0.2, 0.25) is 5.91 Å². The number of aromatic nitrogens is 2. The monoisotopic (exact) mass is 501 g/mol. The molecule has 0 unspecified atom stereocenters. The van der Waals surface area contributed by atoms with Crippen molar-refractivity contribution in [3.05, 3.63) is 82.9 Å². The van der Waals surface area contributed by atoms with E-state index in [-0.39, 0.29) is 35.8 Å². The summed E-state index contributed by atoms with van der Waals surface area (Å²) in [5, 5.41) is 5.86. The predicted molar refractivity (Wildman–Crippen MR) is 137 cm³/mol. The number of methoxy groups -OCH3 is 1. The zero-order chi connectivity index (χ0) is 26.2. The van der Waals surface area contributed by atoms with Crippen LogP contribution in [-0.4, -0.2) is 50.9 Å². The Balaban J connectivity index is 1.33. The number of hydrogen-bond acceptors (Lipinski definition) is 5. The van der Waals surface area contributed by atoms with Crippen molar-refractivity contribution in [1.29, 1.82) is 0 Å². The molecule has 1 atom stereocenters. The second-order valence-electron chi connectivity index (χ2n) is 9.95. The van der Waals surface area contributed by atoms with Gasteiger partial charge in [-0.1, -0.05) is 42.0 Å².